The van der Waals surface area contributed by atoms with Crippen LogP contribution in [0.1, 0.15) is 35.7 Å². The Morgan fingerprint density at radius 1 is 1.21 bits per heavy atom. The van der Waals surface area contributed by atoms with Gasteiger partial charge in [-0.15, -0.1) is 0 Å². The SMILES string of the molecule is Cc1nn2c(C3CCCN(Cc4ccccc4)C3)ccnc2c1N. The molecule has 3 heterocycles. The smallest absolute Gasteiger partial charge is 0.178 e. The van der Waals surface area contributed by atoms with Crippen LogP contribution < -0.4 is 5.73 Å². The number of piperidine rings is 1. The van der Waals surface area contributed by atoms with Crippen molar-refractivity contribution in [2.24, 2.45) is 0 Å². The molecule has 4 rings (SSSR count). The minimum absolute atomic E-state index is 0.465. The Kier molecular flexibility index (Phi) is 3.94. The maximum Gasteiger partial charge on any atom is 0.178 e. The van der Waals surface area contributed by atoms with Gasteiger partial charge in [-0.3, -0.25) is 4.90 Å². The number of nitrogens with two attached hydrogens (primary N) is 1. The summed E-state index contributed by atoms with van der Waals surface area (Å²) in [5.41, 5.74) is 11.0. The Balaban J connectivity index is 1.59. The number of aromatic nitrogens is 3. The number of hydrogen-bond donors (Lipinski definition) is 1. The second kappa shape index (κ2) is 6.24. The lowest BCUT2D eigenvalue weighted by atomic mass is 9.94. The van der Waals surface area contributed by atoms with Crippen LogP contribution in [-0.2, 0) is 6.54 Å². The quantitative estimate of drug-likeness (QED) is 0.805. The van der Waals surface area contributed by atoms with Crippen molar-refractivity contribution in [2.45, 2.75) is 32.2 Å². The number of fused-ring (bicyclic) bond motifs is 1. The molecule has 124 valence electrons. The highest BCUT2D eigenvalue weighted by Crippen LogP contribution is 2.29. The molecule has 2 aromatic heterocycles. The topological polar surface area (TPSA) is 59.5 Å². The van der Waals surface area contributed by atoms with Gasteiger partial charge in [-0.1, -0.05) is 30.3 Å². The van der Waals surface area contributed by atoms with Gasteiger partial charge in [0.15, 0.2) is 5.65 Å². The van der Waals surface area contributed by atoms with Crippen molar-refractivity contribution in [3.63, 3.8) is 0 Å². The molecular weight excluding hydrogens is 298 g/mol. The highest BCUT2D eigenvalue weighted by Gasteiger charge is 2.24. The molecule has 0 radical (unpaired) electrons. The van der Waals surface area contributed by atoms with E-state index in [0.29, 0.717) is 11.6 Å². The first-order chi connectivity index (χ1) is 11.7. The predicted octanol–water partition coefficient (Wildman–Crippen LogP) is 3.00. The molecule has 5 nitrogen and oxygen atoms in total. The summed E-state index contributed by atoms with van der Waals surface area (Å²) in [6.07, 6.45) is 4.25. The first-order valence-electron chi connectivity index (χ1n) is 8.58. The van der Waals surface area contributed by atoms with Gasteiger partial charge in [0.05, 0.1) is 11.4 Å². The standard InChI is InChI=1S/C19H23N5/c1-14-18(20)19-21-10-9-17(24(19)22-14)16-8-5-11-23(13-16)12-15-6-3-2-4-7-15/h2-4,6-7,9-10,16H,5,8,11-13,20H2,1H3. The van der Waals surface area contributed by atoms with Crippen LogP contribution in [0.2, 0.25) is 0 Å². The fraction of sp³-hybridized carbons (Fsp3) is 0.368. The lowest BCUT2D eigenvalue weighted by Crippen LogP contribution is -2.34. The van der Waals surface area contributed by atoms with Crippen LogP contribution in [0.5, 0.6) is 0 Å². The third kappa shape index (κ3) is 2.76. The van der Waals surface area contributed by atoms with E-state index < -0.39 is 0 Å². The molecular formula is C19H23N5. The van der Waals surface area contributed by atoms with E-state index in [9.17, 15) is 0 Å². The van der Waals surface area contributed by atoms with Crippen LogP contribution in [0.15, 0.2) is 42.6 Å². The minimum Gasteiger partial charge on any atom is -0.394 e. The zero-order chi connectivity index (χ0) is 16.5. The number of benzene rings is 1. The van der Waals surface area contributed by atoms with Crippen LogP contribution >= 0.6 is 0 Å². The number of likely N-dealkylation sites (tertiary alicyclic amines) is 1. The third-order valence-corrected chi connectivity index (χ3v) is 4.94. The molecule has 1 fully saturated rings. The monoisotopic (exact) mass is 321 g/mol. The molecule has 24 heavy (non-hydrogen) atoms. The zero-order valence-electron chi connectivity index (χ0n) is 14.0. The second-order valence-electron chi connectivity index (χ2n) is 6.66. The predicted molar refractivity (Wildman–Crippen MR) is 95.8 cm³/mol. The summed E-state index contributed by atoms with van der Waals surface area (Å²) in [5, 5.41) is 4.61. The summed E-state index contributed by atoms with van der Waals surface area (Å²) in [6, 6.07) is 12.8. The van der Waals surface area contributed by atoms with Crippen molar-refractivity contribution in [3.05, 3.63) is 59.5 Å². The Morgan fingerprint density at radius 3 is 2.88 bits per heavy atom. The molecule has 0 amide bonds. The molecule has 2 N–H and O–H groups in total. The highest BCUT2D eigenvalue weighted by atomic mass is 15.3. The molecule has 3 aromatic rings. The first-order valence-corrected chi connectivity index (χ1v) is 8.58. The van der Waals surface area contributed by atoms with Crippen LogP contribution in [0.4, 0.5) is 5.69 Å². The fourth-order valence-corrected chi connectivity index (χ4v) is 3.68. The molecule has 1 aromatic carbocycles. The van der Waals surface area contributed by atoms with Gasteiger partial charge in [0.25, 0.3) is 0 Å². The van der Waals surface area contributed by atoms with Crippen LogP contribution in [-0.4, -0.2) is 32.6 Å². The zero-order valence-corrected chi connectivity index (χ0v) is 14.0. The van der Waals surface area contributed by atoms with Gasteiger partial charge in [-0.2, -0.15) is 5.10 Å². The molecule has 5 heteroatoms. The number of rotatable bonds is 3. The molecule has 0 aliphatic carbocycles. The molecule has 1 atom stereocenters. The summed E-state index contributed by atoms with van der Waals surface area (Å²) in [6.45, 7) is 5.15. The normalized spacial score (nSPS) is 19.0. The average Bonchev–Trinajstić information content (AvgIpc) is 2.91. The van der Waals surface area contributed by atoms with Gasteiger partial charge >= 0.3 is 0 Å². The van der Waals surface area contributed by atoms with Gasteiger partial charge in [0, 0.05) is 25.2 Å². The van der Waals surface area contributed by atoms with E-state index in [4.69, 9.17) is 5.73 Å². The lowest BCUT2D eigenvalue weighted by molar-refractivity contribution is 0.197. The van der Waals surface area contributed by atoms with Gasteiger partial charge in [0.2, 0.25) is 0 Å². The number of hydrogen-bond acceptors (Lipinski definition) is 4. The number of aryl methyl sites for hydroxylation is 1. The lowest BCUT2D eigenvalue weighted by Gasteiger charge is -2.33. The molecule has 1 aliphatic rings. The number of nitrogens with zero attached hydrogens (tertiary/aromatic N) is 4. The van der Waals surface area contributed by atoms with Gasteiger partial charge < -0.3 is 5.73 Å². The number of nitrogen functional groups attached to an aromatic ring is 1. The summed E-state index contributed by atoms with van der Waals surface area (Å²) in [7, 11) is 0. The van der Waals surface area contributed by atoms with E-state index in [2.05, 4.69) is 51.4 Å². The van der Waals surface area contributed by atoms with E-state index in [-0.39, 0.29) is 0 Å². The summed E-state index contributed by atoms with van der Waals surface area (Å²) < 4.78 is 1.95. The van der Waals surface area contributed by atoms with Gasteiger partial charge in [0.1, 0.15) is 5.69 Å². The largest absolute Gasteiger partial charge is 0.394 e. The summed E-state index contributed by atoms with van der Waals surface area (Å²) >= 11 is 0. The van der Waals surface area contributed by atoms with E-state index in [1.165, 1.54) is 24.1 Å². The molecule has 1 saturated heterocycles. The molecule has 0 bridgehead atoms. The molecule has 0 spiro atoms. The third-order valence-electron chi connectivity index (χ3n) is 4.94. The van der Waals surface area contributed by atoms with Crippen molar-refractivity contribution in [2.75, 3.05) is 18.8 Å². The van der Waals surface area contributed by atoms with E-state index in [1.54, 1.807) is 0 Å². The maximum absolute atomic E-state index is 6.11. The molecule has 1 unspecified atom stereocenters. The first kappa shape index (κ1) is 15.1. The van der Waals surface area contributed by atoms with Crippen molar-refractivity contribution < 1.29 is 0 Å². The Bertz CT molecular complexity index is 840. The van der Waals surface area contributed by atoms with Crippen molar-refractivity contribution >= 4 is 11.3 Å². The second-order valence-corrected chi connectivity index (χ2v) is 6.66. The summed E-state index contributed by atoms with van der Waals surface area (Å²) in [5.74, 6) is 0.465. The molecule has 1 aliphatic heterocycles. The minimum atomic E-state index is 0.465. The molecule has 0 saturated carbocycles. The van der Waals surface area contributed by atoms with Crippen LogP contribution in [0, 0.1) is 6.92 Å². The Hall–Kier alpha value is -2.40. The van der Waals surface area contributed by atoms with E-state index in [1.807, 2.05) is 17.6 Å². The fourth-order valence-electron chi connectivity index (χ4n) is 3.68. The van der Waals surface area contributed by atoms with Crippen LogP contribution in [0.3, 0.4) is 0 Å². The Morgan fingerprint density at radius 2 is 2.04 bits per heavy atom. The van der Waals surface area contributed by atoms with E-state index in [0.717, 1.165) is 31.0 Å². The average molecular weight is 321 g/mol. The van der Waals surface area contributed by atoms with Crippen molar-refractivity contribution in [3.8, 4) is 0 Å². The summed E-state index contributed by atoms with van der Waals surface area (Å²) in [4.78, 5) is 6.94. The van der Waals surface area contributed by atoms with Gasteiger partial charge in [-0.25, -0.2) is 9.50 Å². The van der Waals surface area contributed by atoms with Gasteiger partial charge in [-0.05, 0) is 37.9 Å². The van der Waals surface area contributed by atoms with Crippen LogP contribution in [0.25, 0.3) is 5.65 Å². The van der Waals surface area contributed by atoms with Crippen molar-refractivity contribution in [1.29, 1.82) is 0 Å². The maximum atomic E-state index is 6.11. The number of anilines is 1. The van der Waals surface area contributed by atoms with Crippen molar-refractivity contribution in [1.82, 2.24) is 19.5 Å². The van der Waals surface area contributed by atoms with E-state index >= 15 is 0 Å². The highest BCUT2D eigenvalue weighted by molar-refractivity contribution is 5.67. The Labute approximate surface area is 142 Å².